The van der Waals surface area contributed by atoms with Crippen LogP contribution in [-0.4, -0.2) is 54.7 Å². The highest BCUT2D eigenvalue weighted by molar-refractivity contribution is 5.85. The Labute approximate surface area is 231 Å². The van der Waals surface area contributed by atoms with E-state index in [0.29, 0.717) is 5.92 Å². The van der Waals surface area contributed by atoms with Gasteiger partial charge in [-0.15, -0.1) is 0 Å². The van der Waals surface area contributed by atoms with E-state index in [0.717, 1.165) is 70.4 Å². The first-order valence-electron chi connectivity index (χ1n) is 14.5. The van der Waals surface area contributed by atoms with Gasteiger partial charge >= 0.3 is 5.97 Å². The van der Waals surface area contributed by atoms with Crippen LogP contribution in [0.5, 0.6) is 0 Å². The average Bonchev–Trinajstić information content (AvgIpc) is 3.40. The largest absolute Gasteiger partial charge is 0.462 e. The molecule has 2 aromatic carbocycles. The molecule has 6 nitrogen and oxygen atoms in total. The molecule has 1 aromatic heterocycles. The summed E-state index contributed by atoms with van der Waals surface area (Å²) >= 11 is 0. The van der Waals surface area contributed by atoms with Gasteiger partial charge in [0.05, 0.1) is 11.5 Å². The Kier molecular flexibility index (Phi) is 7.27. The lowest BCUT2D eigenvalue weighted by Gasteiger charge is -2.48. The Balaban J connectivity index is 1.11. The second-order valence-corrected chi connectivity index (χ2v) is 11.8. The number of benzene rings is 2. The summed E-state index contributed by atoms with van der Waals surface area (Å²) in [6.45, 7) is 6.81. The number of aromatic nitrogens is 1. The second kappa shape index (κ2) is 11.0. The maximum atomic E-state index is 11.9. The lowest BCUT2D eigenvalue weighted by atomic mass is 9.59. The minimum Gasteiger partial charge on any atom is -0.462 e. The number of likely N-dealkylation sites (tertiary alicyclic amines) is 1. The highest BCUT2D eigenvalue weighted by Crippen LogP contribution is 2.51. The molecular weight excluding hydrogens is 484 g/mol. The molecule has 6 rings (SSSR count). The van der Waals surface area contributed by atoms with Crippen molar-refractivity contribution >= 4 is 22.4 Å². The van der Waals surface area contributed by atoms with Gasteiger partial charge in [0.25, 0.3) is 0 Å². The number of rotatable bonds is 7. The summed E-state index contributed by atoms with van der Waals surface area (Å²) in [6.07, 6.45) is 8.40. The van der Waals surface area contributed by atoms with Gasteiger partial charge in [-0.05, 0) is 80.3 Å². The van der Waals surface area contributed by atoms with Gasteiger partial charge in [-0.3, -0.25) is 9.78 Å². The van der Waals surface area contributed by atoms with Crippen LogP contribution in [0, 0.1) is 29.1 Å². The van der Waals surface area contributed by atoms with E-state index in [9.17, 15) is 10.1 Å². The first-order valence-corrected chi connectivity index (χ1v) is 14.5. The van der Waals surface area contributed by atoms with Crippen molar-refractivity contribution in [2.75, 3.05) is 37.6 Å². The first-order chi connectivity index (χ1) is 19.1. The van der Waals surface area contributed by atoms with Crippen LogP contribution in [0.1, 0.15) is 44.6 Å². The molecule has 0 spiro atoms. The average molecular weight is 523 g/mol. The third-order valence-corrected chi connectivity index (χ3v) is 9.49. The van der Waals surface area contributed by atoms with Crippen molar-refractivity contribution < 1.29 is 9.53 Å². The molecule has 3 fully saturated rings. The normalized spacial score (nSPS) is 24.2. The van der Waals surface area contributed by atoms with Crippen molar-refractivity contribution in [2.24, 2.45) is 17.8 Å². The van der Waals surface area contributed by atoms with Crippen molar-refractivity contribution in [1.82, 2.24) is 9.88 Å². The minimum absolute atomic E-state index is 0.0442. The molecule has 0 amide bonds. The molecule has 0 bridgehead atoms. The van der Waals surface area contributed by atoms with E-state index in [1.165, 1.54) is 23.4 Å². The van der Waals surface area contributed by atoms with Gasteiger partial charge in [0.15, 0.2) is 0 Å². The summed E-state index contributed by atoms with van der Waals surface area (Å²) in [6, 6.07) is 21.9. The smallest absolute Gasteiger partial charge is 0.302 e. The molecule has 6 heteroatoms. The molecule has 39 heavy (non-hydrogen) atoms. The molecule has 202 valence electrons. The van der Waals surface area contributed by atoms with Crippen molar-refractivity contribution in [3.8, 4) is 6.07 Å². The van der Waals surface area contributed by atoms with Gasteiger partial charge in [-0.2, -0.15) is 5.26 Å². The number of anilines is 1. The zero-order valence-electron chi connectivity index (χ0n) is 22.8. The van der Waals surface area contributed by atoms with E-state index < -0.39 is 5.41 Å². The highest BCUT2D eigenvalue weighted by atomic mass is 16.5. The molecule has 3 aliphatic rings. The fourth-order valence-electron chi connectivity index (χ4n) is 7.61. The zero-order chi connectivity index (χ0) is 26.8. The summed E-state index contributed by atoms with van der Waals surface area (Å²) in [5.74, 6) is 0.731. The summed E-state index contributed by atoms with van der Waals surface area (Å²) in [4.78, 5) is 21.3. The van der Waals surface area contributed by atoms with Crippen LogP contribution in [0.4, 0.5) is 5.69 Å². The summed E-state index contributed by atoms with van der Waals surface area (Å²) in [5.41, 5.74) is 1.75. The molecule has 0 N–H and O–H groups in total. The Morgan fingerprint density at radius 1 is 1.05 bits per heavy atom. The van der Waals surface area contributed by atoms with Crippen LogP contribution in [0.3, 0.4) is 0 Å². The quantitative estimate of drug-likeness (QED) is 0.378. The van der Waals surface area contributed by atoms with E-state index in [-0.39, 0.29) is 23.9 Å². The monoisotopic (exact) mass is 522 g/mol. The predicted molar refractivity (Wildman–Crippen MR) is 153 cm³/mol. The Bertz CT molecular complexity index is 1340. The van der Waals surface area contributed by atoms with Crippen LogP contribution in [0.15, 0.2) is 67.0 Å². The maximum Gasteiger partial charge on any atom is 0.302 e. The second-order valence-electron chi connectivity index (χ2n) is 11.8. The molecule has 2 saturated heterocycles. The number of ether oxygens (including phenoxy) is 1. The van der Waals surface area contributed by atoms with Crippen LogP contribution < -0.4 is 4.90 Å². The number of carbonyl (C=O) groups excluding carboxylic acids is 1. The number of esters is 1. The lowest BCUT2D eigenvalue weighted by Crippen LogP contribution is -2.54. The third-order valence-electron chi connectivity index (χ3n) is 9.49. The van der Waals surface area contributed by atoms with E-state index >= 15 is 0 Å². The number of nitrogens with zero attached hydrogens (tertiary/aromatic N) is 4. The standard InChI is InChI=1S/C33H38N4O2/c1-24(38)39-32-9-5-8-31(32)33(23-34,28-6-3-2-4-7-28)29-13-16-36(17-14-29)20-25-21-37(22-25)30-11-10-26-12-15-35-19-27(26)18-30/h2-4,6-7,10-12,15,18-19,25,29,31-32H,5,8-9,13-14,16-17,20-22H2,1H3. The number of hydrogen-bond acceptors (Lipinski definition) is 6. The van der Waals surface area contributed by atoms with Crippen molar-refractivity contribution in [2.45, 2.75) is 50.5 Å². The predicted octanol–water partition coefficient (Wildman–Crippen LogP) is 5.58. The summed E-state index contributed by atoms with van der Waals surface area (Å²) in [7, 11) is 0. The van der Waals surface area contributed by atoms with Crippen LogP contribution in [0.2, 0.25) is 0 Å². The summed E-state index contributed by atoms with van der Waals surface area (Å²) in [5, 5.41) is 13.3. The molecule has 3 aromatic rings. The van der Waals surface area contributed by atoms with Crippen molar-refractivity contribution in [1.29, 1.82) is 5.26 Å². The molecule has 0 radical (unpaired) electrons. The van der Waals surface area contributed by atoms with Crippen molar-refractivity contribution in [3.05, 3.63) is 72.6 Å². The number of carbonyl (C=O) groups is 1. The number of piperidine rings is 1. The van der Waals surface area contributed by atoms with Gasteiger partial charge in [0.1, 0.15) is 6.10 Å². The summed E-state index contributed by atoms with van der Waals surface area (Å²) < 4.78 is 5.80. The topological polar surface area (TPSA) is 69.5 Å². The highest BCUT2D eigenvalue weighted by Gasteiger charge is 2.53. The van der Waals surface area contributed by atoms with E-state index in [1.54, 1.807) is 0 Å². The zero-order valence-corrected chi connectivity index (χ0v) is 22.8. The molecule has 3 unspecified atom stereocenters. The SMILES string of the molecule is CC(=O)OC1CCCC1C(C#N)(c1ccccc1)C1CCN(CC2CN(c3ccc4ccncc4c3)C2)CC1. The fraction of sp³-hybridized carbons (Fsp3) is 0.485. The number of fused-ring (bicyclic) bond motifs is 1. The Morgan fingerprint density at radius 2 is 1.85 bits per heavy atom. The molecular formula is C33H38N4O2. The van der Waals surface area contributed by atoms with Gasteiger partial charge in [-0.1, -0.05) is 36.4 Å². The Morgan fingerprint density at radius 3 is 2.59 bits per heavy atom. The molecule has 3 heterocycles. The van der Waals surface area contributed by atoms with Gasteiger partial charge in [-0.25, -0.2) is 0 Å². The van der Waals surface area contributed by atoms with Gasteiger partial charge in [0.2, 0.25) is 0 Å². The molecule has 1 aliphatic carbocycles. The Hall–Kier alpha value is -3.43. The molecule has 1 saturated carbocycles. The maximum absolute atomic E-state index is 11.9. The minimum atomic E-state index is -0.623. The van der Waals surface area contributed by atoms with Crippen LogP contribution in [0.25, 0.3) is 10.8 Å². The third kappa shape index (κ3) is 5.01. The number of nitriles is 1. The van der Waals surface area contributed by atoms with Gasteiger partial charge < -0.3 is 14.5 Å². The van der Waals surface area contributed by atoms with E-state index in [1.807, 2.05) is 30.6 Å². The van der Waals surface area contributed by atoms with Crippen LogP contribution >= 0.6 is 0 Å². The number of hydrogen-bond donors (Lipinski definition) is 0. The van der Waals surface area contributed by atoms with Gasteiger partial charge in [0, 0.05) is 61.9 Å². The first kappa shape index (κ1) is 25.8. The molecule has 2 aliphatic heterocycles. The lowest BCUT2D eigenvalue weighted by molar-refractivity contribution is -0.149. The molecule has 3 atom stereocenters. The fourth-order valence-corrected chi connectivity index (χ4v) is 7.61. The van der Waals surface area contributed by atoms with Crippen molar-refractivity contribution in [3.63, 3.8) is 0 Å². The van der Waals surface area contributed by atoms with Crippen LogP contribution in [-0.2, 0) is 14.9 Å². The number of pyridine rings is 1. The van der Waals surface area contributed by atoms with E-state index in [4.69, 9.17) is 4.74 Å². The van der Waals surface area contributed by atoms with E-state index in [2.05, 4.69) is 57.3 Å².